The van der Waals surface area contributed by atoms with Crippen molar-refractivity contribution >= 4 is 43.7 Å². The third-order valence-electron chi connectivity index (χ3n) is 4.60. The Bertz CT molecular complexity index is 1040. The average molecular weight is 387 g/mol. The minimum atomic E-state index is -0.104. The van der Waals surface area contributed by atoms with Crippen LogP contribution in [0, 0.1) is 13.8 Å². The molecule has 0 aliphatic carbocycles. The monoisotopic (exact) mass is 386 g/mol. The third-order valence-corrected chi connectivity index (χ3v) is 7.48. The Morgan fingerprint density at radius 2 is 1.80 bits per heavy atom. The highest BCUT2D eigenvalue weighted by molar-refractivity contribution is 7.68. The predicted molar refractivity (Wildman–Crippen MR) is 110 cm³/mol. The number of rotatable bonds is 1. The van der Waals surface area contributed by atoms with Crippen molar-refractivity contribution in [2.75, 3.05) is 5.32 Å². The number of halogens is 1. The molecule has 0 fully saturated rings. The zero-order valence-corrected chi connectivity index (χ0v) is 17.0. The normalized spacial score (nSPS) is 15.5. The second kappa shape index (κ2) is 5.97. The van der Waals surface area contributed by atoms with Crippen LogP contribution in [0.15, 0.2) is 41.4 Å². The molecule has 128 valence electrons. The molecule has 0 saturated carbocycles. The van der Waals surface area contributed by atoms with E-state index in [0.29, 0.717) is 5.02 Å². The molecule has 25 heavy (non-hydrogen) atoms. The maximum Gasteiger partial charge on any atom is 0.135 e. The number of nitrogens with zero attached hydrogens (tertiary/aromatic N) is 1. The molecule has 1 N–H and O–H groups in total. The quantitative estimate of drug-likeness (QED) is 0.465. The molecule has 2 heterocycles. The molecule has 5 heteroatoms. The van der Waals surface area contributed by atoms with Crippen molar-refractivity contribution in [3.8, 4) is 11.1 Å². The van der Waals surface area contributed by atoms with Crippen molar-refractivity contribution in [1.29, 1.82) is 0 Å². The van der Waals surface area contributed by atoms with Crippen LogP contribution in [-0.4, -0.2) is 0 Å². The molecule has 0 radical (unpaired) electrons. The maximum absolute atomic E-state index is 6.13. The summed E-state index contributed by atoms with van der Waals surface area (Å²) in [6.07, 6.45) is 0. The van der Waals surface area contributed by atoms with E-state index in [1.165, 1.54) is 32.8 Å². The Hall–Kier alpha value is -1.62. The van der Waals surface area contributed by atoms with E-state index in [2.05, 4.69) is 45.1 Å². The third kappa shape index (κ3) is 2.92. The van der Waals surface area contributed by atoms with E-state index in [9.17, 15) is 0 Å². The lowest BCUT2D eigenvalue weighted by atomic mass is 9.88. The van der Waals surface area contributed by atoms with Gasteiger partial charge in [0, 0.05) is 21.8 Å². The van der Waals surface area contributed by atoms with Crippen molar-refractivity contribution in [2.45, 2.75) is 33.2 Å². The van der Waals surface area contributed by atoms with Gasteiger partial charge in [-0.1, -0.05) is 38.3 Å². The van der Waals surface area contributed by atoms with E-state index in [0.717, 1.165) is 10.4 Å². The van der Waals surface area contributed by atoms with Crippen molar-refractivity contribution in [2.24, 2.45) is 4.99 Å². The van der Waals surface area contributed by atoms with Crippen molar-refractivity contribution in [3.05, 3.63) is 62.1 Å². The first-order valence-electron chi connectivity index (χ1n) is 8.19. The van der Waals surface area contributed by atoms with E-state index < -0.39 is 0 Å². The molecule has 1 aliphatic heterocycles. The van der Waals surface area contributed by atoms with Crippen LogP contribution >= 0.6 is 32.3 Å². The molecular formula is C20H19ClN2S2. The van der Waals surface area contributed by atoms with Crippen LogP contribution in [0.1, 0.15) is 29.9 Å². The molecule has 4 rings (SSSR count). The van der Waals surface area contributed by atoms with Gasteiger partial charge >= 0.3 is 0 Å². The summed E-state index contributed by atoms with van der Waals surface area (Å²) in [7, 11) is 3.54. The van der Waals surface area contributed by atoms with Gasteiger partial charge in [0.1, 0.15) is 4.67 Å². The summed E-state index contributed by atoms with van der Waals surface area (Å²) in [5.41, 5.74) is 7.09. The zero-order chi connectivity index (χ0) is 17.8. The van der Waals surface area contributed by atoms with E-state index in [-0.39, 0.29) is 5.54 Å². The predicted octanol–water partition coefficient (Wildman–Crippen LogP) is 6.64. The second-order valence-corrected chi connectivity index (χ2v) is 9.56. The van der Waals surface area contributed by atoms with Crippen LogP contribution < -0.4 is 9.99 Å². The molecule has 3 aromatic rings. The van der Waals surface area contributed by atoms with Gasteiger partial charge in [0.2, 0.25) is 0 Å². The maximum atomic E-state index is 6.13. The largest absolute Gasteiger partial charge is 0.375 e. The van der Waals surface area contributed by atoms with Gasteiger partial charge in [-0.25, -0.2) is 4.99 Å². The van der Waals surface area contributed by atoms with Gasteiger partial charge in [0.25, 0.3) is 0 Å². The van der Waals surface area contributed by atoms with Gasteiger partial charge in [-0.3, -0.25) is 0 Å². The molecule has 0 unspecified atom stereocenters. The standard InChI is InChI=1S/C20H19ClN2S2/c1-11-8-15-16(9-12(11)2)23-20(3,4)18-17(15)19(25-24-18)22-14-7-5-6-13(21)10-14/h5-10,23H,1-4H3. The number of benzene rings is 2. The molecule has 0 atom stereocenters. The van der Waals surface area contributed by atoms with Gasteiger partial charge in [-0.2, -0.15) is 0 Å². The fourth-order valence-corrected chi connectivity index (χ4v) is 6.30. The first-order valence-corrected chi connectivity index (χ1v) is 10.7. The highest BCUT2D eigenvalue weighted by Crippen LogP contribution is 2.46. The fraction of sp³-hybridized carbons (Fsp3) is 0.250. The van der Waals surface area contributed by atoms with Crippen LogP contribution in [0.3, 0.4) is 0 Å². The number of anilines is 1. The molecular weight excluding hydrogens is 368 g/mol. The molecule has 0 saturated heterocycles. The highest BCUT2D eigenvalue weighted by Gasteiger charge is 2.33. The number of hydrogen-bond acceptors (Lipinski definition) is 4. The molecule has 1 aliphatic rings. The Morgan fingerprint density at radius 1 is 1.04 bits per heavy atom. The molecule has 0 amide bonds. The summed E-state index contributed by atoms with van der Waals surface area (Å²) < 4.78 is 1.06. The zero-order valence-electron chi connectivity index (χ0n) is 14.6. The smallest absolute Gasteiger partial charge is 0.135 e. The number of hydrogen-bond donors (Lipinski definition) is 1. The van der Waals surface area contributed by atoms with E-state index in [4.69, 9.17) is 16.6 Å². The van der Waals surface area contributed by atoms with Crippen LogP contribution in [0.4, 0.5) is 11.4 Å². The van der Waals surface area contributed by atoms with Crippen LogP contribution in [-0.2, 0) is 5.54 Å². The average Bonchev–Trinajstić information content (AvgIpc) is 2.94. The summed E-state index contributed by atoms with van der Waals surface area (Å²) in [6.45, 7) is 8.79. The summed E-state index contributed by atoms with van der Waals surface area (Å²) in [6, 6.07) is 12.3. The molecule has 0 spiro atoms. The number of nitrogens with one attached hydrogen (secondary N) is 1. The molecule has 2 nitrogen and oxygen atoms in total. The van der Waals surface area contributed by atoms with Gasteiger partial charge in [0.05, 0.1) is 16.1 Å². The topological polar surface area (TPSA) is 24.4 Å². The second-order valence-electron chi connectivity index (χ2n) is 7.00. The van der Waals surface area contributed by atoms with E-state index in [1.807, 2.05) is 34.6 Å². The molecule has 2 aromatic carbocycles. The van der Waals surface area contributed by atoms with Gasteiger partial charge < -0.3 is 5.32 Å². The van der Waals surface area contributed by atoms with Crippen molar-refractivity contribution < 1.29 is 0 Å². The minimum absolute atomic E-state index is 0.104. The van der Waals surface area contributed by atoms with Gasteiger partial charge in [-0.05, 0) is 69.2 Å². The van der Waals surface area contributed by atoms with Gasteiger partial charge in [0.15, 0.2) is 0 Å². The summed E-state index contributed by atoms with van der Waals surface area (Å²) >= 11 is 6.13. The first kappa shape index (κ1) is 16.8. The van der Waals surface area contributed by atoms with Crippen molar-refractivity contribution in [1.82, 2.24) is 0 Å². The van der Waals surface area contributed by atoms with Crippen molar-refractivity contribution in [3.63, 3.8) is 0 Å². The minimum Gasteiger partial charge on any atom is -0.375 e. The Balaban J connectivity index is 2.00. The van der Waals surface area contributed by atoms with E-state index >= 15 is 0 Å². The SMILES string of the molecule is Cc1cc2c(cc1C)-c1c(ssc1=Nc1cccc(Cl)c1)C(C)(C)N2. The highest BCUT2D eigenvalue weighted by atomic mass is 35.5. The lowest BCUT2D eigenvalue weighted by Crippen LogP contribution is -2.31. The molecule has 1 aromatic heterocycles. The lowest BCUT2D eigenvalue weighted by molar-refractivity contribution is 0.619. The Labute approximate surface area is 160 Å². The van der Waals surface area contributed by atoms with Crippen LogP contribution in [0.5, 0.6) is 0 Å². The van der Waals surface area contributed by atoms with Gasteiger partial charge in [-0.15, -0.1) is 0 Å². The lowest BCUT2D eigenvalue weighted by Gasteiger charge is -2.33. The number of fused-ring (bicyclic) bond motifs is 3. The number of aryl methyl sites for hydroxylation is 2. The van der Waals surface area contributed by atoms with E-state index in [1.54, 1.807) is 10.3 Å². The first-order chi connectivity index (χ1) is 11.8. The van der Waals surface area contributed by atoms with Crippen LogP contribution in [0.25, 0.3) is 11.1 Å². The van der Waals surface area contributed by atoms with Crippen LogP contribution in [0.2, 0.25) is 5.02 Å². The fourth-order valence-electron chi connectivity index (χ4n) is 3.17. The summed E-state index contributed by atoms with van der Waals surface area (Å²) in [4.78, 5) is 6.25. The molecule has 0 bridgehead atoms. The Morgan fingerprint density at radius 3 is 2.56 bits per heavy atom. The Kier molecular flexibility index (Phi) is 4.02. The summed E-state index contributed by atoms with van der Waals surface area (Å²) in [5, 5.41) is 4.41. The summed E-state index contributed by atoms with van der Waals surface area (Å²) in [5.74, 6) is 0.